The third kappa shape index (κ3) is 5.73. The monoisotopic (exact) mass is 438 g/mol. The number of hydrogen-bond donors (Lipinski definition) is 1. The van der Waals surface area contributed by atoms with Crippen LogP contribution in [0.5, 0.6) is 0 Å². The van der Waals surface area contributed by atoms with Gasteiger partial charge in [0.15, 0.2) is 0 Å². The quantitative estimate of drug-likeness (QED) is 0.696. The molecule has 1 N–H and O–H groups in total. The van der Waals surface area contributed by atoms with Crippen molar-refractivity contribution in [1.29, 1.82) is 0 Å². The van der Waals surface area contributed by atoms with E-state index >= 15 is 0 Å². The zero-order chi connectivity index (χ0) is 20.0. The topological polar surface area (TPSA) is 66.5 Å². The fourth-order valence-electron chi connectivity index (χ4n) is 3.07. The van der Waals surface area contributed by atoms with Gasteiger partial charge in [-0.2, -0.15) is 4.31 Å². The number of hydrogen-bond acceptors (Lipinski definition) is 4. The number of piperidine rings is 1. The molecule has 2 aromatic carbocycles. The molecular formula is C20H23ClN2O3S2. The van der Waals surface area contributed by atoms with E-state index in [9.17, 15) is 13.2 Å². The molecule has 1 amide bonds. The molecule has 8 heteroatoms. The van der Waals surface area contributed by atoms with E-state index in [0.717, 1.165) is 24.8 Å². The normalized spacial score (nSPS) is 15.3. The maximum absolute atomic E-state index is 12.8. The SMILES string of the molecule is O=C(CSCc1cccc(Cl)c1)Nc1cccc(S(=O)(=O)N2CCCCC2)c1. The Kier molecular flexibility index (Phi) is 7.40. The van der Waals surface area contributed by atoms with Gasteiger partial charge in [0.25, 0.3) is 0 Å². The van der Waals surface area contributed by atoms with E-state index in [0.29, 0.717) is 29.6 Å². The van der Waals surface area contributed by atoms with Crippen molar-refractivity contribution in [2.24, 2.45) is 0 Å². The molecule has 28 heavy (non-hydrogen) atoms. The van der Waals surface area contributed by atoms with Gasteiger partial charge in [-0.15, -0.1) is 11.8 Å². The summed E-state index contributed by atoms with van der Waals surface area (Å²) in [7, 11) is -3.51. The number of halogens is 1. The Hall–Kier alpha value is -1.54. The van der Waals surface area contributed by atoms with Crippen molar-refractivity contribution < 1.29 is 13.2 Å². The van der Waals surface area contributed by atoms with Crippen LogP contribution >= 0.6 is 23.4 Å². The van der Waals surface area contributed by atoms with Crippen LogP contribution in [-0.4, -0.2) is 37.5 Å². The van der Waals surface area contributed by atoms with Crippen LogP contribution in [0.25, 0.3) is 0 Å². The summed E-state index contributed by atoms with van der Waals surface area (Å²) < 4.78 is 27.1. The second-order valence-corrected chi connectivity index (χ2v) is 10.0. The summed E-state index contributed by atoms with van der Waals surface area (Å²) in [4.78, 5) is 12.4. The van der Waals surface area contributed by atoms with Gasteiger partial charge < -0.3 is 5.32 Å². The second kappa shape index (κ2) is 9.78. The molecule has 0 radical (unpaired) electrons. The summed E-state index contributed by atoms with van der Waals surface area (Å²) in [5.41, 5.74) is 1.55. The van der Waals surface area contributed by atoms with Crippen molar-refractivity contribution >= 4 is 45.0 Å². The number of amides is 1. The van der Waals surface area contributed by atoms with Crippen LogP contribution in [0.15, 0.2) is 53.4 Å². The summed E-state index contributed by atoms with van der Waals surface area (Å²) in [6.07, 6.45) is 2.84. The average Bonchev–Trinajstić information content (AvgIpc) is 2.69. The van der Waals surface area contributed by atoms with Gasteiger partial charge in [-0.25, -0.2) is 8.42 Å². The van der Waals surface area contributed by atoms with Gasteiger partial charge in [-0.05, 0) is 48.7 Å². The van der Waals surface area contributed by atoms with Crippen molar-refractivity contribution in [2.45, 2.75) is 29.9 Å². The van der Waals surface area contributed by atoms with Gasteiger partial charge in [0.05, 0.1) is 10.6 Å². The molecule has 0 aliphatic carbocycles. The minimum atomic E-state index is -3.51. The minimum Gasteiger partial charge on any atom is -0.325 e. The third-order valence-corrected chi connectivity index (χ3v) is 7.60. The standard InChI is InChI=1S/C20H23ClN2O3S2/c21-17-7-4-6-16(12-17)14-27-15-20(24)22-18-8-5-9-19(13-18)28(25,26)23-10-2-1-3-11-23/h4-9,12-13H,1-3,10-11,14-15H2,(H,22,24). The molecule has 3 rings (SSSR count). The number of nitrogens with one attached hydrogen (secondary N) is 1. The highest BCUT2D eigenvalue weighted by molar-refractivity contribution is 7.99. The molecular weight excluding hydrogens is 416 g/mol. The molecule has 1 aliphatic rings. The number of sulfonamides is 1. The number of benzene rings is 2. The number of nitrogens with zero attached hydrogens (tertiary/aromatic N) is 1. The summed E-state index contributed by atoms with van der Waals surface area (Å²) in [6.45, 7) is 1.11. The van der Waals surface area contributed by atoms with Gasteiger partial charge in [0.2, 0.25) is 15.9 Å². The van der Waals surface area contributed by atoms with Crippen LogP contribution in [0.3, 0.4) is 0 Å². The first-order chi connectivity index (χ1) is 13.4. The lowest BCUT2D eigenvalue weighted by Crippen LogP contribution is -2.35. The average molecular weight is 439 g/mol. The predicted octanol–water partition coefficient (Wildman–Crippen LogP) is 4.39. The Labute approximate surface area is 175 Å². The van der Waals surface area contributed by atoms with Crippen molar-refractivity contribution in [3.05, 3.63) is 59.1 Å². The summed E-state index contributed by atoms with van der Waals surface area (Å²) in [6, 6.07) is 14.0. The zero-order valence-electron chi connectivity index (χ0n) is 15.4. The first kappa shape index (κ1) is 21.2. The largest absolute Gasteiger partial charge is 0.325 e. The highest BCUT2D eigenvalue weighted by Crippen LogP contribution is 2.23. The van der Waals surface area contributed by atoms with Crippen LogP contribution in [0.4, 0.5) is 5.69 Å². The van der Waals surface area contributed by atoms with Crippen LogP contribution < -0.4 is 5.32 Å². The lowest BCUT2D eigenvalue weighted by Gasteiger charge is -2.26. The summed E-state index contributed by atoms with van der Waals surface area (Å²) in [5.74, 6) is 0.784. The third-order valence-electron chi connectivity index (χ3n) is 4.46. The summed E-state index contributed by atoms with van der Waals surface area (Å²) >= 11 is 7.44. The Bertz CT molecular complexity index is 929. The molecule has 5 nitrogen and oxygen atoms in total. The van der Waals surface area contributed by atoms with E-state index < -0.39 is 10.0 Å². The van der Waals surface area contributed by atoms with Crippen LogP contribution in [-0.2, 0) is 20.6 Å². The minimum absolute atomic E-state index is 0.167. The molecule has 0 saturated carbocycles. The van der Waals surface area contributed by atoms with Gasteiger partial charge in [-0.1, -0.05) is 36.2 Å². The maximum Gasteiger partial charge on any atom is 0.243 e. The van der Waals surface area contributed by atoms with Gasteiger partial charge >= 0.3 is 0 Å². The van der Waals surface area contributed by atoms with E-state index in [4.69, 9.17) is 11.6 Å². The van der Waals surface area contributed by atoms with Crippen molar-refractivity contribution in [2.75, 3.05) is 24.2 Å². The molecule has 0 atom stereocenters. The number of carbonyl (C=O) groups is 1. The molecule has 1 heterocycles. The highest BCUT2D eigenvalue weighted by Gasteiger charge is 2.26. The molecule has 1 fully saturated rings. The Morgan fingerprint density at radius 3 is 2.57 bits per heavy atom. The van der Waals surface area contributed by atoms with Gasteiger partial charge in [0.1, 0.15) is 0 Å². The van der Waals surface area contributed by atoms with E-state index in [-0.39, 0.29) is 16.6 Å². The van der Waals surface area contributed by atoms with Crippen LogP contribution in [0, 0.1) is 0 Å². The molecule has 2 aromatic rings. The van der Waals surface area contributed by atoms with Gasteiger partial charge in [-0.3, -0.25) is 4.79 Å². The molecule has 1 saturated heterocycles. The molecule has 0 bridgehead atoms. The smallest absolute Gasteiger partial charge is 0.243 e. The fourth-order valence-corrected chi connectivity index (χ4v) is 5.63. The van der Waals surface area contributed by atoms with Gasteiger partial charge in [0, 0.05) is 29.6 Å². The van der Waals surface area contributed by atoms with Crippen molar-refractivity contribution in [3.8, 4) is 0 Å². The Morgan fingerprint density at radius 1 is 1.07 bits per heavy atom. The number of thioether (sulfide) groups is 1. The Morgan fingerprint density at radius 2 is 1.82 bits per heavy atom. The zero-order valence-corrected chi connectivity index (χ0v) is 17.8. The maximum atomic E-state index is 12.8. The first-order valence-corrected chi connectivity index (χ1v) is 12.1. The van der Waals surface area contributed by atoms with E-state index in [2.05, 4.69) is 5.32 Å². The highest BCUT2D eigenvalue weighted by atomic mass is 35.5. The molecule has 0 aromatic heterocycles. The van der Waals surface area contributed by atoms with E-state index in [1.54, 1.807) is 18.2 Å². The number of anilines is 1. The van der Waals surface area contributed by atoms with Crippen molar-refractivity contribution in [1.82, 2.24) is 4.31 Å². The fraction of sp³-hybridized carbons (Fsp3) is 0.350. The summed E-state index contributed by atoms with van der Waals surface area (Å²) in [5, 5.41) is 3.46. The van der Waals surface area contributed by atoms with E-state index in [1.165, 1.54) is 22.1 Å². The lowest BCUT2D eigenvalue weighted by atomic mass is 10.2. The van der Waals surface area contributed by atoms with Crippen molar-refractivity contribution in [3.63, 3.8) is 0 Å². The molecule has 0 spiro atoms. The van der Waals surface area contributed by atoms with Crippen LogP contribution in [0.2, 0.25) is 5.02 Å². The number of carbonyl (C=O) groups excluding carboxylic acids is 1. The lowest BCUT2D eigenvalue weighted by molar-refractivity contribution is -0.113. The van der Waals surface area contributed by atoms with E-state index in [1.807, 2.05) is 24.3 Å². The molecule has 0 unspecified atom stereocenters. The molecule has 150 valence electrons. The molecule has 1 aliphatic heterocycles. The van der Waals surface area contributed by atoms with Crippen LogP contribution in [0.1, 0.15) is 24.8 Å². The second-order valence-electron chi connectivity index (χ2n) is 6.66. The number of rotatable bonds is 7. The Balaban J connectivity index is 1.57. The first-order valence-electron chi connectivity index (χ1n) is 9.17. The predicted molar refractivity (Wildman–Crippen MR) is 115 cm³/mol.